The van der Waals surface area contributed by atoms with Crippen LogP contribution < -0.4 is 0 Å². The number of imidazole rings is 1. The molecule has 0 aliphatic heterocycles. The molecule has 5 heteroatoms. The van der Waals surface area contributed by atoms with Gasteiger partial charge in [0, 0.05) is 45.6 Å². The second kappa shape index (κ2) is 20.1. The van der Waals surface area contributed by atoms with E-state index in [-0.39, 0.29) is 64.8 Å². The summed E-state index contributed by atoms with van der Waals surface area (Å²) in [6.07, 6.45) is 1.87. The minimum Gasteiger partial charge on any atom is -0.501 e. The smallest absolute Gasteiger partial charge is 0.121 e. The molecule has 0 fully saturated rings. The van der Waals surface area contributed by atoms with Gasteiger partial charge in [0.15, 0.2) is 0 Å². The van der Waals surface area contributed by atoms with Crippen molar-refractivity contribution >= 4 is 54.5 Å². The van der Waals surface area contributed by atoms with Gasteiger partial charge in [0.05, 0.1) is 22.4 Å². The van der Waals surface area contributed by atoms with Gasteiger partial charge in [-0.2, -0.15) is 0 Å². The van der Waals surface area contributed by atoms with Gasteiger partial charge >= 0.3 is 0 Å². The topological polar surface area (TPSA) is 43.9 Å². The Morgan fingerprint density at radius 1 is 0.573 bits per heavy atom. The monoisotopic (exact) mass is 1170 g/mol. The van der Waals surface area contributed by atoms with Crippen molar-refractivity contribution in [1.82, 2.24) is 14.5 Å². The molecule has 75 heavy (non-hydrogen) atoms. The van der Waals surface area contributed by atoms with Crippen LogP contribution in [0.3, 0.4) is 0 Å². The van der Waals surface area contributed by atoms with Crippen LogP contribution in [0.25, 0.3) is 94.0 Å². The molecule has 0 atom stereocenters. The van der Waals surface area contributed by atoms with Gasteiger partial charge in [0.25, 0.3) is 0 Å². The van der Waals surface area contributed by atoms with Gasteiger partial charge in [-0.25, -0.2) is 0 Å². The maximum atomic E-state index is 8.96. The Bertz CT molecular complexity index is 4100. The molecule has 11 aromatic rings. The minimum absolute atomic E-state index is 0. The molecule has 0 N–H and O–H groups in total. The zero-order valence-electron chi connectivity index (χ0n) is 51.6. The van der Waals surface area contributed by atoms with E-state index in [1.165, 1.54) is 22.8 Å². The second-order valence-electron chi connectivity index (χ2n) is 23.7. The van der Waals surface area contributed by atoms with E-state index in [9.17, 15) is 0 Å². The molecule has 383 valence electrons. The fourth-order valence-corrected chi connectivity index (χ4v) is 10.2. The van der Waals surface area contributed by atoms with Gasteiger partial charge in [0.1, 0.15) is 5.58 Å². The molecule has 0 unspecified atom stereocenters. The van der Waals surface area contributed by atoms with E-state index in [4.69, 9.17) is 17.6 Å². The maximum absolute atomic E-state index is 8.96. The Kier molecular flexibility index (Phi) is 12.3. The first kappa shape index (κ1) is 45.7. The molecule has 0 amide bonds. The molecule has 0 saturated carbocycles. The van der Waals surface area contributed by atoms with E-state index < -0.39 is 13.7 Å². The van der Waals surface area contributed by atoms with Crippen LogP contribution in [0.1, 0.15) is 149 Å². The Balaban J connectivity index is 0.000000400. The summed E-state index contributed by atoms with van der Waals surface area (Å²) in [6.45, 7) is 23.2. The van der Waals surface area contributed by atoms with Crippen LogP contribution in [-0.4, -0.2) is 14.5 Å². The zero-order chi connectivity index (χ0) is 57.6. The molecule has 0 aliphatic rings. The number of fused-ring (bicyclic) bond motifs is 7. The Hall–Kier alpha value is -6.65. The van der Waals surface area contributed by atoms with Crippen LogP contribution in [0.15, 0.2) is 150 Å². The predicted octanol–water partition coefficient (Wildman–Crippen LogP) is 19.7. The normalized spacial score (nSPS) is 13.9. The molecule has 4 nitrogen and oxygen atoms in total. The molecular formula is C70H71IrN3O-2. The number of aryl methyl sites for hydroxylation is 2. The number of furan rings is 1. The summed E-state index contributed by atoms with van der Waals surface area (Å²) in [5.41, 5.74) is 12.7. The fourth-order valence-electron chi connectivity index (χ4n) is 10.2. The number of aromatic nitrogens is 3. The van der Waals surface area contributed by atoms with Crippen molar-refractivity contribution in [2.45, 2.75) is 132 Å². The second-order valence-corrected chi connectivity index (χ2v) is 23.7. The summed E-state index contributed by atoms with van der Waals surface area (Å²) < 4.78 is 61.5. The third-order valence-corrected chi connectivity index (χ3v) is 14.6. The molecule has 0 saturated heterocycles. The van der Waals surface area contributed by atoms with Gasteiger partial charge in [-0.05, 0) is 155 Å². The van der Waals surface area contributed by atoms with Crippen LogP contribution in [0, 0.1) is 25.8 Å². The van der Waals surface area contributed by atoms with Crippen molar-refractivity contribution in [3.05, 3.63) is 197 Å². The van der Waals surface area contributed by atoms with E-state index in [1.807, 2.05) is 59.3 Å². The van der Waals surface area contributed by atoms with Crippen LogP contribution in [0.2, 0.25) is 0 Å². The predicted molar refractivity (Wildman–Crippen MR) is 315 cm³/mol. The van der Waals surface area contributed by atoms with Crippen LogP contribution in [0.5, 0.6) is 0 Å². The molecule has 0 aliphatic carbocycles. The average Bonchev–Trinajstić information content (AvgIpc) is 3.93. The number of hydrogen-bond donors (Lipinski definition) is 0. The number of rotatable bonds is 6. The molecule has 8 aromatic carbocycles. The fraction of sp³-hybridized carbons (Fsp3) is 0.286. The van der Waals surface area contributed by atoms with Gasteiger partial charge < -0.3 is 14.0 Å². The zero-order valence-corrected chi connectivity index (χ0v) is 48.0. The first-order valence-corrected chi connectivity index (χ1v) is 26.0. The van der Waals surface area contributed by atoms with Crippen molar-refractivity contribution in [2.24, 2.45) is 0 Å². The first-order valence-electron chi connectivity index (χ1n) is 29.0. The molecule has 3 aromatic heterocycles. The maximum Gasteiger partial charge on any atom is 0.121 e. The van der Waals surface area contributed by atoms with Gasteiger partial charge in [0.2, 0.25) is 0 Å². The quantitative estimate of drug-likeness (QED) is 0.123. The summed E-state index contributed by atoms with van der Waals surface area (Å²) in [7, 11) is 0. The summed E-state index contributed by atoms with van der Waals surface area (Å²) in [4.78, 5) is 9.66. The molecular weight excluding hydrogens is 1090 g/mol. The van der Waals surface area contributed by atoms with Crippen LogP contribution >= 0.6 is 0 Å². The van der Waals surface area contributed by atoms with Crippen molar-refractivity contribution in [1.29, 1.82) is 0 Å². The molecule has 0 bridgehead atoms. The number of pyridine rings is 1. The first-order chi connectivity index (χ1) is 37.5. The largest absolute Gasteiger partial charge is 0.501 e. The Morgan fingerprint density at radius 2 is 1.24 bits per heavy atom. The Morgan fingerprint density at radius 3 is 1.88 bits per heavy atom. The van der Waals surface area contributed by atoms with Crippen LogP contribution in [-0.2, 0) is 36.4 Å². The van der Waals surface area contributed by atoms with Gasteiger partial charge in [-0.15, -0.1) is 54.1 Å². The van der Waals surface area contributed by atoms with Crippen molar-refractivity contribution < 1.29 is 32.7 Å². The van der Waals surface area contributed by atoms with Crippen molar-refractivity contribution in [3.63, 3.8) is 0 Å². The van der Waals surface area contributed by atoms with E-state index >= 15 is 0 Å². The van der Waals surface area contributed by atoms with Crippen molar-refractivity contribution in [3.8, 4) is 39.5 Å². The molecule has 0 spiro atoms. The Labute approximate surface area is 467 Å². The van der Waals surface area contributed by atoms with Gasteiger partial charge in [-0.3, -0.25) is 4.98 Å². The van der Waals surface area contributed by atoms with E-state index in [2.05, 4.69) is 186 Å². The summed E-state index contributed by atoms with van der Waals surface area (Å²) >= 11 is 0. The standard InChI is InChI=1S/C55H55N2O.C15H16N.Ir/c1-31(2)44-27-38(37-24-39(54(7,8)9)29-40(25-37)55(10,11)12)28-45(32(3)4)51(44)57-50-34(6)33(5)20-23-48(50)56-53(57)43-19-15-18-42-47-26-36-22-21-35-16-13-14-17-41(35)46(36)30-49(47)58-52(42)43;1-15(2,3)13-9-10-16-14(11-13)12-7-5-4-6-8-12;/h13-18,20-32H,1-12H3;4-7,9-11H,1-3H3;/q2*-1;/i5D3,6D3;;. The van der Waals surface area contributed by atoms with E-state index in [1.54, 1.807) is 6.07 Å². The minimum atomic E-state index is -2.80. The van der Waals surface area contributed by atoms with E-state index in [0.717, 1.165) is 71.5 Å². The number of hydrogen-bond acceptors (Lipinski definition) is 3. The summed E-state index contributed by atoms with van der Waals surface area (Å²) in [5, 5.41) is 6.23. The number of nitrogens with zero attached hydrogens (tertiary/aromatic N) is 3. The third-order valence-electron chi connectivity index (χ3n) is 14.6. The van der Waals surface area contributed by atoms with E-state index in [0.29, 0.717) is 28.1 Å². The van der Waals surface area contributed by atoms with Gasteiger partial charge in [-0.1, -0.05) is 168 Å². The van der Waals surface area contributed by atoms with Crippen LogP contribution in [0.4, 0.5) is 0 Å². The van der Waals surface area contributed by atoms with Crippen molar-refractivity contribution in [2.75, 3.05) is 0 Å². The number of benzene rings is 8. The summed E-state index contributed by atoms with van der Waals surface area (Å²) in [5.74, 6) is 0.339. The third kappa shape index (κ3) is 10.1. The summed E-state index contributed by atoms with van der Waals surface area (Å²) in [6, 6.07) is 54.0. The SMILES string of the molecule is CC(C)(C)c1ccnc(-c2[c-]cccc2)c1.[2H]C([2H])([2H])c1ccc2nc(-c3[c-]ccc4c3oc3cc5c(ccc6ccccc65)cc34)n(-c3c(C(C)C)cc(-c4cc(C(C)(C)C)cc(C(C)(C)C)c4)cc3C(C)C)c2c1C([2H])([2H])[2H].[Ir]. The molecule has 1 radical (unpaired) electrons. The molecule has 11 rings (SSSR count). The molecule has 3 heterocycles. The average molecular weight is 1170 g/mol.